The highest BCUT2D eigenvalue weighted by molar-refractivity contribution is 5.87. The highest BCUT2D eigenvalue weighted by Gasteiger charge is 2.10. The van der Waals surface area contributed by atoms with Crippen LogP contribution >= 0.6 is 0 Å². The molecule has 19 heavy (non-hydrogen) atoms. The summed E-state index contributed by atoms with van der Waals surface area (Å²) in [6.45, 7) is 6.91. The third kappa shape index (κ3) is 14.0. The summed E-state index contributed by atoms with van der Waals surface area (Å²) in [6, 6.07) is 0. The van der Waals surface area contributed by atoms with Gasteiger partial charge >= 0.3 is 17.9 Å². The van der Waals surface area contributed by atoms with Crippen molar-refractivity contribution in [3.05, 3.63) is 12.2 Å². The number of carbonyl (C=O) groups excluding carboxylic acids is 1. The van der Waals surface area contributed by atoms with Crippen molar-refractivity contribution in [3.63, 3.8) is 0 Å². The average Bonchev–Trinajstić information content (AvgIpc) is 2.26. The summed E-state index contributed by atoms with van der Waals surface area (Å²) in [6.07, 6.45) is -0.788. The van der Waals surface area contributed by atoms with Crippen LogP contribution in [0.5, 0.6) is 0 Å². The van der Waals surface area contributed by atoms with E-state index in [1.807, 2.05) is 14.1 Å². The van der Waals surface area contributed by atoms with Crippen molar-refractivity contribution in [2.24, 2.45) is 0 Å². The predicted octanol–water partition coefficient (Wildman–Crippen LogP) is 0.949. The fraction of sp³-hybridized carbons (Fsp3) is 0.583. The van der Waals surface area contributed by atoms with Gasteiger partial charge in [-0.15, -0.1) is 0 Å². The fourth-order valence-electron chi connectivity index (χ4n) is 0.575. The van der Waals surface area contributed by atoms with E-state index in [2.05, 4.69) is 6.58 Å². The van der Waals surface area contributed by atoms with Crippen LogP contribution in [0, 0.1) is 0 Å². The summed E-state index contributed by atoms with van der Waals surface area (Å²) < 4.78 is 4.96. The van der Waals surface area contributed by atoms with E-state index in [0.717, 1.165) is 0 Å². The molecule has 0 aromatic carbocycles. The molecule has 0 spiro atoms. The molecular weight excluding hydrogens is 254 g/mol. The Hall–Kier alpha value is -1.89. The Bertz CT molecular complexity index is 323. The largest absolute Gasteiger partial charge is 0.481 e. The van der Waals surface area contributed by atoms with Crippen LogP contribution in [0.25, 0.3) is 0 Å². The first-order valence-corrected chi connectivity index (χ1v) is 5.54. The standard InChI is InChI=1S/C8H15NO2.C4H6O4/c1-6(2)8(10)11-7(3)9(4)5;5-3(6)1-2-4(7)8/h7H,1H2,2-5H3;1-2H2,(H,5,6)(H,7,8). The van der Waals surface area contributed by atoms with Crippen LogP contribution in [0.2, 0.25) is 0 Å². The lowest BCUT2D eigenvalue weighted by Gasteiger charge is -2.19. The van der Waals surface area contributed by atoms with Crippen LogP contribution in [0.4, 0.5) is 0 Å². The number of rotatable bonds is 6. The molecule has 0 aliphatic carbocycles. The van der Waals surface area contributed by atoms with Gasteiger partial charge in [-0.3, -0.25) is 14.5 Å². The van der Waals surface area contributed by atoms with Gasteiger partial charge in [-0.1, -0.05) is 6.58 Å². The molecule has 0 aromatic rings. The maximum absolute atomic E-state index is 10.9. The van der Waals surface area contributed by atoms with Crippen molar-refractivity contribution in [1.82, 2.24) is 4.90 Å². The zero-order valence-corrected chi connectivity index (χ0v) is 11.7. The first-order valence-electron chi connectivity index (χ1n) is 5.54. The lowest BCUT2D eigenvalue weighted by atomic mass is 10.3. The van der Waals surface area contributed by atoms with E-state index in [4.69, 9.17) is 14.9 Å². The molecule has 2 N–H and O–H groups in total. The van der Waals surface area contributed by atoms with E-state index in [0.29, 0.717) is 5.57 Å². The van der Waals surface area contributed by atoms with Gasteiger partial charge in [0.2, 0.25) is 0 Å². The second kappa shape index (κ2) is 10.1. The van der Waals surface area contributed by atoms with Crippen molar-refractivity contribution >= 4 is 17.9 Å². The van der Waals surface area contributed by atoms with Crippen LogP contribution in [-0.4, -0.2) is 53.3 Å². The molecule has 0 aliphatic rings. The van der Waals surface area contributed by atoms with Crippen molar-refractivity contribution in [2.75, 3.05) is 14.1 Å². The van der Waals surface area contributed by atoms with Crippen LogP contribution < -0.4 is 0 Å². The highest BCUT2D eigenvalue weighted by Crippen LogP contribution is 1.99. The average molecular weight is 275 g/mol. The predicted molar refractivity (Wildman–Crippen MR) is 68.6 cm³/mol. The molecule has 0 saturated heterocycles. The minimum Gasteiger partial charge on any atom is -0.481 e. The maximum atomic E-state index is 10.9. The minimum atomic E-state index is -1.08. The van der Waals surface area contributed by atoms with Gasteiger partial charge in [0.15, 0.2) is 6.23 Å². The summed E-state index contributed by atoms with van der Waals surface area (Å²) in [5.74, 6) is -2.49. The van der Waals surface area contributed by atoms with Crippen molar-refractivity contribution in [1.29, 1.82) is 0 Å². The van der Waals surface area contributed by atoms with Crippen LogP contribution in [0.1, 0.15) is 26.7 Å². The summed E-state index contributed by atoms with van der Waals surface area (Å²) in [5.41, 5.74) is 0.429. The Kier molecular flexibility index (Phi) is 10.3. The van der Waals surface area contributed by atoms with E-state index < -0.39 is 11.9 Å². The number of aliphatic carboxylic acids is 2. The molecule has 0 aliphatic heterocycles. The molecule has 0 rings (SSSR count). The monoisotopic (exact) mass is 275 g/mol. The van der Waals surface area contributed by atoms with Gasteiger partial charge in [-0.25, -0.2) is 4.79 Å². The van der Waals surface area contributed by atoms with Gasteiger partial charge in [0.05, 0.1) is 12.8 Å². The van der Waals surface area contributed by atoms with Gasteiger partial charge in [0.25, 0.3) is 0 Å². The topological polar surface area (TPSA) is 104 Å². The number of esters is 1. The maximum Gasteiger partial charge on any atom is 0.334 e. The quantitative estimate of drug-likeness (QED) is 0.422. The van der Waals surface area contributed by atoms with Crippen molar-refractivity contribution < 1.29 is 29.3 Å². The number of carbonyl (C=O) groups is 3. The molecule has 7 nitrogen and oxygen atoms in total. The van der Waals surface area contributed by atoms with Crippen LogP contribution in [0.15, 0.2) is 12.2 Å². The van der Waals surface area contributed by atoms with Crippen molar-refractivity contribution in [3.8, 4) is 0 Å². The van der Waals surface area contributed by atoms with E-state index in [1.165, 1.54) is 0 Å². The molecule has 0 amide bonds. The second-order valence-corrected chi connectivity index (χ2v) is 4.04. The first kappa shape index (κ1) is 19.4. The highest BCUT2D eigenvalue weighted by atomic mass is 16.6. The second-order valence-electron chi connectivity index (χ2n) is 4.04. The van der Waals surface area contributed by atoms with E-state index in [-0.39, 0.29) is 25.0 Å². The number of hydrogen-bond acceptors (Lipinski definition) is 5. The Morgan fingerprint density at radius 1 is 1.16 bits per heavy atom. The van der Waals surface area contributed by atoms with Gasteiger partial charge in [0, 0.05) is 5.57 Å². The zero-order chi connectivity index (χ0) is 15.6. The Morgan fingerprint density at radius 3 is 1.74 bits per heavy atom. The van der Waals surface area contributed by atoms with Crippen LogP contribution in [-0.2, 0) is 19.1 Å². The summed E-state index contributed by atoms with van der Waals surface area (Å²) >= 11 is 0. The summed E-state index contributed by atoms with van der Waals surface area (Å²) in [5, 5.41) is 15.8. The van der Waals surface area contributed by atoms with E-state index in [9.17, 15) is 14.4 Å². The van der Waals surface area contributed by atoms with Crippen LogP contribution in [0.3, 0.4) is 0 Å². The number of ether oxygens (including phenoxy) is 1. The normalized spacial score (nSPS) is 11.0. The lowest BCUT2D eigenvalue weighted by molar-refractivity contribution is -0.150. The molecular formula is C12H21NO6. The van der Waals surface area contributed by atoms with Gasteiger partial charge < -0.3 is 14.9 Å². The summed E-state index contributed by atoms with van der Waals surface area (Å²) in [7, 11) is 3.69. The van der Waals surface area contributed by atoms with E-state index in [1.54, 1.807) is 18.7 Å². The third-order valence-electron chi connectivity index (χ3n) is 1.91. The number of carboxylic acids is 2. The minimum absolute atomic E-state index is 0.195. The zero-order valence-electron chi connectivity index (χ0n) is 11.7. The third-order valence-corrected chi connectivity index (χ3v) is 1.91. The summed E-state index contributed by atoms with van der Waals surface area (Å²) in [4.78, 5) is 32.0. The molecule has 0 aromatic heterocycles. The molecule has 0 heterocycles. The number of hydrogen-bond donors (Lipinski definition) is 2. The molecule has 1 atom stereocenters. The molecule has 1 unspecified atom stereocenters. The number of carboxylic acid groups (broad SMARTS) is 2. The first-order chi connectivity index (χ1) is 8.57. The molecule has 0 radical (unpaired) electrons. The van der Waals surface area contributed by atoms with Gasteiger partial charge in [-0.05, 0) is 27.9 Å². The SMILES string of the molecule is C=C(C)C(=O)OC(C)N(C)C.O=C(O)CCC(=O)O. The molecule has 110 valence electrons. The van der Waals surface area contributed by atoms with Gasteiger partial charge in [0.1, 0.15) is 0 Å². The molecule has 7 heteroatoms. The Balaban J connectivity index is 0. The van der Waals surface area contributed by atoms with Crippen molar-refractivity contribution in [2.45, 2.75) is 32.9 Å². The smallest absolute Gasteiger partial charge is 0.334 e. The molecule has 0 bridgehead atoms. The Morgan fingerprint density at radius 2 is 1.53 bits per heavy atom. The molecule has 0 saturated carbocycles. The molecule has 0 fully saturated rings. The Labute approximate surface area is 112 Å². The number of nitrogens with zero attached hydrogens (tertiary/aromatic N) is 1. The fourth-order valence-corrected chi connectivity index (χ4v) is 0.575. The van der Waals surface area contributed by atoms with Gasteiger partial charge in [-0.2, -0.15) is 0 Å². The van der Waals surface area contributed by atoms with E-state index >= 15 is 0 Å². The lowest BCUT2D eigenvalue weighted by Crippen LogP contribution is -2.30.